The largest absolute Gasteiger partial charge is 0.480 e. The van der Waals surface area contributed by atoms with Crippen LogP contribution in [0.3, 0.4) is 0 Å². The quantitative estimate of drug-likeness (QED) is 0.143. The molecule has 2 unspecified atom stereocenters. The highest BCUT2D eigenvalue weighted by Crippen LogP contribution is 2.43. The molecule has 14 heteroatoms. The van der Waals surface area contributed by atoms with Crippen molar-refractivity contribution in [2.24, 2.45) is 17.4 Å². The molecule has 176 valence electrons. The van der Waals surface area contributed by atoms with Crippen LogP contribution >= 0.6 is 0 Å². The second kappa shape index (κ2) is 10.5. The molecule has 1 aliphatic carbocycles. The van der Waals surface area contributed by atoms with Crippen LogP contribution in [-0.4, -0.2) is 53.6 Å². The summed E-state index contributed by atoms with van der Waals surface area (Å²) in [6.07, 6.45) is -4.07. The highest BCUT2D eigenvalue weighted by atomic mass is 19.2. The van der Waals surface area contributed by atoms with E-state index in [1.165, 1.54) is 13.8 Å². The van der Waals surface area contributed by atoms with Gasteiger partial charge in [0.2, 0.25) is 12.0 Å². The highest BCUT2D eigenvalue weighted by Gasteiger charge is 2.58. The molecule has 7 N–H and O–H groups in total. The molecule has 0 bridgehead atoms. The molecule has 0 spiro atoms. The lowest BCUT2D eigenvalue weighted by molar-refractivity contribution is -0.176. The second-order valence-corrected chi connectivity index (χ2v) is 7.05. The molecule has 2 amide bonds. The standard InChI is InChI=1S/C17H23F5N4O5/c1-6(2)11(23)15(29)31-17(12(21)9(19)8(18)10(20)13(17)22)26-7(14(27)28)4-3-5-25-16(24)30/h6-7,11-12,26H,3-5,23H2,1-2H3,(H,27,28)(H3,24,25,30)/t7-,11-,12?,17?/m0/s1. The van der Waals surface area contributed by atoms with Crippen molar-refractivity contribution in [3.8, 4) is 0 Å². The summed E-state index contributed by atoms with van der Waals surface area (Å²) in [5, 5.41) is 13.2. The number of nitrogens with two attached hydrogens (primary N) is 2. The zero-order chi connectivity index (χ0) is 24.1. The molecular formula is C17H23F5N4O5. The third kappa shape index (κ3) is 5.91. The maximum absolute atomic E-state index is 14.8. The SMILES string of the molecule is CC(C)[C@H](N)C(=O)OC1(N[C@@H](CCCNC(N)=O)C(=O)O)C(F)=C(F)C(F)=C(F)C1F. The van der Waals surface area contributed by atoms with Crippen LogP contribution in [0.2, 0.25) is 0 Å². The molecule has 0 heterocycles. The topological polar surface area (TPSA) is 157 Å². The molecule has 0 aromatic heterocycles. The minimum Gasteiger partial charge on any atom is -0.480 e. The smallest absolute Gasteiger partial charge is 0.325 e. The Bertz CT molecular complexity index is 791. The van der Waals surface area contributed by atoms with Crippen molar-refractivity contribution in [1.82, 2.24) is 10.6 Å². The number of hydrogen-bond acceptors (Lipinski definition) is 6. The van der Waals surface area contributed by atoms with Gasteiger partial charge in [0.05, 0.1) is 0 Å². The Hall–Kier alpha value is -2.74. The summed E-state index contributed by atoms with van der Waals surface area (Å²) >= 11 is 0. The molecule has 0 radical (unpaired) electrons. The predicted octanol–water partition coefficient (Wildman–Crippen LogP) is 1.35. The molecule has 0 saturated carbocycles. The number of alkyl halides is 1. The normalized spacial score (nSPS) is 23.6. The van der Waals surface area contributed by atoms with Gasteiger partial charge in [-0.25, -0.2) is 26.7 Å². The maximum Gasteiger partial charge on any atom is 0.325 e. The van der Waals surface area contributed by atoms with Gasteiger partial charge in [-0.3, -0.25) is 14.9 Å². The van der Waals surface area contributed by atoms with Crippen molar-refractivity contribution in [3.05, 3.63) is 23.3 Å². The van der Waals surface area contributed by atoms with E-state index in [-0.39, 0.29) is 13.0 Å². The average Bonchev–Trinajstić information content (AvgIpc) is 2.70. The first kappa shape index (κ1) is 26.3. The van der Waals surface area contributed by atoms with Crippen LogP contribution < -0.4 is 22.1 Å². The Balaban J connectivity index is 3.34. The van der Waals surface area contributed by atoms with E-state index in [1.54, 1.807) is 5.32 Å². The lowest BCUT2D eigenvalue weighted by atomic mass is 9.95. The van der Waals surface area contributed by atoms with E-state index in [2.05, 4.69) is 10.1 Å². The van der Waals surface area contributed by atoms with Crippen molar-refractivity contribution in [2.75, 3.05) is 6.54 Å². The average molecular weight is 458 g/mol. The molecule has 0 saturated heterocycles. The number of amides is 2. The summed E-state index contributed by atoms with van der Waals surface area (Å²) in [5.41, 5.74) is 6.71. The number of carbonyl (C=O) groups excluding carboxylic acids is 2. The molecule has 0 fully saturated rings. The van der Waals surface area contributed by atoms with Gasteiger partial charge < -0.3 is 26.6 Å². The maximum atomic E-state index is 14.8. The van der Waals surface area contributed by atoms with Crippen molar-refractivity contribution in [3.63, 3.8) is 0 Å². The molecule has 0 aliphatic heterocycles. The minimum atomic E-state index is -3.67. The van der Waals surface area contributed by atoms with Crippen LogP contribution in [-0.2, 0) is 14.3 Å². The number of urea groups is 1. The summed E-state index contributed by atoms with van der Waals surface area (Å²) < 4.78 is 75.5. The van der Waals surface area contributed by atoms with E-state index in [0.29, 0.717) is 0 Å². The lowest BCUT2D eigenvalue weighted by Crippen LogP contribution is -2.64. The Labute approximate surface area is 173 Å². The Morgan fingerprint density at radius 1 is 1.19 bits per heavy atom. The van der Waals surface area contributed by atoms with Gasteiger partial charge in [-0.15, -0.1) is 0 Å². The van der Waals surface area contributed by atoms with E-state index < -0.39 is 77.6 Å². The van der Waals surface area contributed by atoms with Crippen molar-refractivity contribution in [1.29, 1.82) is 0 Å². The van der Waals surface area contributed by atoms with Gasteiger partial charge in [0.1, 0.15) is 12.1 Å². The minimum absolute atomic E-state index is 0.125. The summed E-state index contributed by atoms with van der Waals surface area (Å²) in [5.74, 6) is -13.8. The Morgan fingerprint density at radius 2 is 1.77 bits per heavy atom. The van der Waals surface area contributed by atoms with Gasteiger partial charge in [-0.1, -0.05) is 13.8 Å². The van der Waals surface area contributed by atoms with Gasteiger partial charge >= 0.3 is 18.0 Å². The van der Waals surface area contributed by atoms with E-state index in [9.17, 15) is 41.4 Å². The van der Waals surface area contributed by atoms with Crippen LogP contribution in [0, 0.1) is 5.92 Å². The number of primary amides is 1. The monoisotopic (exact) mass is 458 g/mol. The molecule has 31 heavy (non-hydrogen) atoms. The van der Waals surface area contributed by atoms with E-state index in [4.69, 9.17) is 11.5 Å². The zero-order valence-electron chi connectivity index (χ0n) is 16.6. The Kier molecular flexibility index (Phi) is 8.93. The number of carbonyl (C=O) groups is 3. The summed E-state index contributed by atoms with van der Waals surface area (Å²) in [6.45, 7) is 2.71. The summed E-state index contributed by atoms with van der Waals surface area (Å²) in [6, 6.07) is -4.39. The summed E-state index contributed by atoms with van der Waals surface area (Å²) in [7, 11) is 0. The number of carboxylic acids is 1. The van der Waals surface area contributed by atoms with E-state index in [0.717, 1.165) is 0 Å². The van der Waals surface area contributed by atoms with Gasteiger partial charge in [0.15, 0.2) is 17.5 Å². The number of carboxylic acid groups (broad SMARTS) is 1. The zero-order valence-corrected chi connectivity index (χ0v) is 16.6. The van der Waals surface area contributed by atoms with Gasteiger partial charge in [0, 0.05) is 6.54 Å². The van der Waals surface area contributed by atoms with Crippen molar-refractivity contribution in [2.45, 2.75) is 50.7 Å². The molecule has 0 aromatic carbocycles. The van der Waals surface area contributed by atoms with Crippen molar-refractivity contribution < 1.29 is 46.2 Å². The van der Waals surface area contributed by atoms with Crippen molar-refractivity contribution >= 4 is 18.0 Å². The van der Waals surface area contributed by atoms with E-state index in [1.807, 2.05) is 0 Å². The van der Waals surface area contributed by atoms with Gasteiger partial charge in [-0.2, -0.15) is 0 Å². The molecule has 4 atom stereocenters. The first-order valence-corrected chi connectivity index (χ1v) is 9.03. The molecule has 1 rings (SSSR count). The lowest BCUT2D eigenvalue weighted by Gasteiger charge is -2.39. The predicted molar refractivity (Wildman–Crippen MR) is 96.4 cm³/mol. The van der Waals surface area contributed by atoms with Crippen LogP contribution in [0.5, 0.6) is 0 Å². The number of esters is 1. The van der Waals surface area contributed by atoms with Crippen LogP contribution in [0.4, 0.5) is 26.7 Å². The Morgan fingerprint density at radius 3 is 2.26 bits per heavy atom. The number of allylic oxidation sites excluding steroid dienone is 2. The highest BCUT2D eigenvalue weighted by molar-refractivity contribution is 5.77. The first-order chi connectivity index (χ1) is 14.3. The van der Waals surface area contributed by atoms with Crippen LogP contribution in [0.15, 0.2) is 23.3 Å². The van der Waals surface area contributed by atoms with Crippen LogP contribution in [0.1, 0.15) is 26.7 Å². The van der Waals surface area contributed by atoms with Gasteiger partial charge in [0.25, 0.3) is 5.72 Å². The van der Waals surface area contributed by atoms with Crippen LogP contribution in [0.25, 0.3) is 0 Å². The third-order valence-corrected chi connectivity index (χ3v) is 4.41. The molecule has 0 aromatic rings. The number of aliphatic carboxylic acids is 1. The first-order valence-electron chi connectivity index (χ1n) is 9.03. The third-order valence-electron chi connectivity index (χ3n) is 4.41. The number of hydrogen-bond donors (Lipinski definition) is 5. The fourth-order valence-corrected chi connectivity index (χ4v) is 2.56. The fraction of sp³-hybridized carbons (Fsp3) is 0.588. The second-order valence-electron chi connectivity index (χ2n) is 7.05. The molecule has 1 aliphatic rings. The molecular weight excluding hydrogens is 435 g/mol. The number of rotatable bonds is 10. The van der Waals surface area contributed by atoms with Gasteiger partial charge in [-0.05, 0) is 18.8 Å². The number of nitrogens with one attached hydrogen (secondary N) is 2. The fourth-order valence-electron chi connectivity index (χ4n) is 2.56. The number of ether oxygens (including phenoxy) is 1. The molecule has 9 nitrogen and oxygen atoms in total. The number of halogens is 5. The van der Waals surface area contributed by atoms with E-state index >= 15 is 0 Å². The summed E-state index contributed by atoms with van der Waals surface area (Å²) in [4.78, 5) is 34.4.